The lowest BCUT2D eigenvalue weighted by atomic mass is 10.1. The highest BCUT2D eigenvalue weighted by Gasteiger charge is 2.48. The molecule has 0 spiro atoms. The number of aromatic nitrogens is 1. The van der Waals surface area contributed by atoms with Gasteiger partial charge < -0.3 is 34.2 Å². The molecule has 2 aromatic heterocycles. The van der Waals surface area contributed by atoms with Gasteiger partial charge in [0.1, 0.15) is 67.3 Å². The van der Waals surface area contributed by atoms with Crippen LogP contribution in [-0.2, 0) is 14.6 Å². The third kappa shape index (κ3) is 7.98. The van der Waals surface area contributed by atoms with Gasteiger partial charge in [-0.25, -0.2) is 13.0 Å². The molecule has 3 aliphatic heterocycles. The Balaban J connectivity index is 1.17. The molecule has 46 heavy (non-hydrogen) atoms. The summed E-state index contributed by atoms with van der Waals surface area (Å²) in [6.45, 7) is 11.8. The number of nitriles is 1. The second-order valence-electron chi connectivity index (χ2n) is 12.1. The fourth-order valence-corrected chi connectivity index (χ4v) is 10.7. The van der Waals surface area contributed by atoms with Crippen LogP contribution in [0.2, 0.25) is 0 Å². The van der Waals surface area contributed by atoms with Crippen molar-refractivity contribution in [1.82, 2.24) is 15.0 Å². The number of aryl methyl sites for hydroxylation is 1. The van der Waals surface area contributed by atoms with Gasteiger partial charge in [-0.2, -0.15) is 9.98 Å². The number of hydrogen-bond acceptors (Lipinski definition) is 9. The van der Waals surface area contributed by atoms with E-state index in [4.69, 9.17) is 20.4 Å². The molecule has 17 heteroatoms. The van der Waals surface area contributed by atoms with Crippen LogP contribution >= 0.6 is 18.9 Å². The van der Waals surface area contributed by atoms with Gasteiger partial charge in [-0.3, -0.25) is 10.4 Å². The van der Waals surface area contributed by atoms with Crippen LogP contribution in [0.4, 0.5) is 0 Å². The van der Waals surface area contributed by atoms with Crippen LogP contribution in [0.5, 0.6) is 11.5 Å². The Labute approximate surface area is 273 Å². The molecule has 3 fully saturated rings. The Hall–Kier alpha value is -3.29. The number of fused-ring (bicyclic) bond motifs is 4. The van der Waals surface area contributed by atoms with E-state index in [1.807, 2.05) is 0 Å². The van der Waals surface area contributed by atoms with Crippen LogP contribution in [-0.4, -0.2) is 105 Å². The van der Waals surface area contributed by atoms with E-state index in [1.165, 1.54) is 24.5 Å². The maximum atomic E-state index is 13.2. The summed E-state index contributed by atoms with van der Waals surface area (Å²) >= 11 is 0.983. The van der Waals surface area contributed by atoms with E-state index in [0.29, 0.717) is 33.6 Å². The van der Waals surface area contributed by atoms with Gasteiger partial charge in [-0.05, 0) is 36.8 Å². The van der Waals surface area contributed by atoms with Crippen LogP contribution in [0.1, 0.15) is 24.0 Å². The molecule has 3 aromatic rings. The fraction of sp³-hybridized carbons (Fsp3) is 0.483. The van der Waals surface area contributed by atoms with Crippen LogP contribution in [0.25, 0.3) is 10.1 Å². The number of sulfonamides is 1. The third-order valence-corrected chi connectivity index (χ3v) is 13.5. The number of hydrogen-bond donors (Lipinski definition) is 5. The number of guanidine groups is 1. The predicted octanol–water partition coefficient (Wildman–Crippen LogP) is 2.28. The maximum Gasteiger partial charge on any atom is 0.391 e. The SMILES string of the molecule is Cc1c(S(=O)(=O)NCP(=O)(O)Oc2cccnc2)sc2cc(C#N)c(OCCC[N+]34CC[N+](CCCNC(=N)N)(CC3)CC4)cc12. The monoisotopic (exact) mass is 692 g/mol. The summed E-state index contributed by atoms with van der Waals surface area (Å²) < 4.78 is 55.0. The minimum Gasteiger partial charge on any atom is -0.492 e. The van der Waals surface area contributed by atoms with E-state index in [-0.39, 0.29) is 15.9 Å². The number of nitrogens with two attached hydrogens (primary N) is 1. The molecule has 0 radical (unpaired) electrons. The van der Waals surface area contributed by atoms with Crippen LogP contribution in [0, 0.1) is 23.7 Å². The normalized spacial score (nSPS) is 22.2. The molecule has 0 saturated carbocycles. The van der Waals surface area contributed by atoms with Gasteiger partial charge in [0.25, 0.3) is 10.0 Å². The van der Waals surface area contributed by atoms with Gasteiger partial charge in [0, 0.05) is 35.7 Å². The van der Waals surface area contributed by atoms with Crippen molar-refractivity contribution in [3.63, 3.8) is 0 Å². The van der Waals surface area contributed by atoms with E-state index in [0.717, 1.165) is 92.0 Å². The Morgan fingerprint density at radius 3 is 2.48 bits per heavy atom. The molecule has 1 atom stereocenters. The number of ether oxygens (including phenoxy) is 1. The van der Waals surface area contributed by atoms with Crippen molar-refractivity contribution in [3.8, 4) is 17.6 Å². The summed E-state index contributed by atoms with van der Waals surface area (Å²) in [6, 6.07) is 8.48. The van der Waals surface area contributed by atoms with Gasteiger partial charge in [-0.1, -0.05) is 0 Å². The highest BCUT2D eigenvalue weighted by molar-refractivity contribution is 7.92. The lowest BCUT2D eigenvalue weighted by molar-refractivity contribution is -1.08. The van der Waals surface area contributed by atoms with Crippen molar-refractivity contribution in [3.05, 3.63) is 47.8 Å². The van der Waals surface area contributed by atoms with Crippen molar-refractivity contribution in [2.24, 2.45) is 5.73 Å². The molecule has 248 valence electrons. The number of quaternary nitrogens is 2. The molecule has 3 saturated heterocycles. The zero-order valence-corrected chi connectivity index (χ0v) is 28.3. The molecular formula is C29H41N8O6PS2+2. The van der Waals surface area contributed by atoms with Crippen molar-refractivity contribution in [2.45, 2.75) is 24.0 Å². The summed E-state index contributed by atoms with van der Waals surface area (Å²) in [6.07, 6.45) is 3.74. The quantitative estimate of drug-likeness (QED) is 0.0518. The molecular weight excluding hydrogens is 651 g/mol. The van der Waals surface area contributed by atoms with E-state index >= 15 is 0 Å². The average Bonchev–Trinajstić information content (AvgIpc) is 3.37. The summed E-state index contributed by atoms with van der Waals surface area (Å²) in [5.74, 6) is 0.477. The number of nitrogens with one attached hydrogen (secondary N) is 3. The highest BCUT2D eigenvalue weighted by atomic mass is 32.2. The second kappa shape index (κ2) is 13.8. The standard InChI is InChI=1S/C29H40N8O6PS2/c1-22-25-18-26(42-16-4-9-37-13-10-36(11-14-37,12-15-37)8-3-7-34-29(31)32)23(19-30)17-27(25)45-28(22)46(40,41)35-21-44(38,39)43-24-5-2-6-33-20-24/h2,5-6,17-18,20,35H,3-4,7-16,21H2,1H3,(H4-,31,32,34,38,39)/q+1/p+1. The van der Waals surface area contributed by atoms with Crippen molar-refractivity contribution in [1.29, 1.82) is 10.7 Å². The van der Waals surface area contributed by atoms with Gasteiger partial charge in [0.05, 0.1) is 31.5 Å². The van der Waals surface area contributed by atoms with Crippen molar-refractivity contribution in [2.75, 3.05) is 71.8 Å². The molecule has 0 amide bonds. The molecule has 2 bridgehead atoms. The maximum absolute atomic E-state index is 13.2. The molecule has 5 heterocycles. The van der Waals surface area contributed by atoms with E-state index < -0.39 is 23.9 Å². The first-order chi connectivity index (χ1) is 21.8. The van der Waals surface area contributed by atoms with Gasteiger partial charge in [-0.15, -0.1) is 11.3 Å². The lowest BCUT2D eigenvalue weighted by Gasteiger charge is -2.55. The number of pyridine rings is 1. The van der Waals surface area contributed by atoms with Crippen LogP contribution in [0.3, 0.4) is 0 Å². The largest absolute Gasteiger partial charge is 0.492 e. The smallest absolute Gasteiger partial charge is 0.391 e. The predicted molar refractivity (Wildman–Crippen MR) is 175 cm³/mol. The Kier molecular flexibility index (Phi) is 10.2. The average molecular weight is 693 g/mol. The van der Waals surface area contributed by atoms with E-state index in [2.05, 4.69) is 21.1 Å². The van der Waals surface area contributed by atoms with Gasteiger partial charge in [0.15, 0.2) is 5.96 Å². The van der Waals surface area contributed by atoms with E-state index in [9.17, 15) is 23.1 Å². The zero-order valence-electron chi connectivity index (χ0n) is 25.8. The molecule has 1 unspecified atom stereocenters. The van der Waals surface area contributed by atoms with Gasteiger partial charge >= 0.3 is 7.60 Å². The number of piperazine rings is 3. The summed E-state index contributed by atoms with van der Waals surface area (Å²) in [5.41, 5.74) is 6.18. The Morgan fingerprint density at radius 2 is 1.87 bits per heavy atom. The lowest BCUT2D eigenvalue weighted by Crippen LogP contribution is -2.75. The van der Waals surface area contributed by atoms with Gasteiger partial charge in [0.2, 0.25) is 0 Å². The highest BCUT2D eigenvalue weighted by Crippen LogP contribution is 2.42. The first-order valence-corrected chi connectivity index (χ1v) is 19.2. The minimum absolute atomic E-state index is 0.0134. The number of nitrogens with zero attached hydrogens (tertiary/aromatic N) is 4. The number of thiophene rings is 1. The third-order valence-electron chi connectivity index (χ3n) is 9.00. The van der Waals surface area contributed by atoms with E-state index in [1.54, 1.807) is 19.1 Å². The molecule has 6 N–H and O–H groups in total. The first kappa shape index (κ1) is 34.1. The summed E-state index contributed by atoms with van der Waals surface area (Å²) in [4.78, 5) is 14.0. The molecule has 0 aliphatic carbocycles. The van der Waals surface area contributed by atoms with Crippen LogP contribution in [0.15, 0.2) is 40.9 Å². The zero-order chi connectivity index (χ0) is 33.0. The van der Waals surface area contributed by atoms with Crippen LogP contribution < -0.4 is 25.0 Å². The second-order valence-corrected chi connectivity index (χ2v) is 16.9. The molecule has 1 aromatic carbocycles. The van der Waals surface area contributed by atoms with Crippen molar-refractivity contribution >= 4 is 45.0 Å². The summed E-state index contributed by atoms with van der Waals surface area (Å²) in [5, 5.41) is 20.7. The number of benzene rings is 1. The van der Waals surface area contributed by atoms with Crippen molar-refractivity contribution < 1.29 is 36.1 Å². The fourth-order valence-electron chi connectivity index (χ4n) is 6.35. The molecule has 6 rings (SSSR count). The molecule has 3 aliphatic rings. The Morgan fingerprint density at radius 1 is 1.20 bits per heavy atom. The molecule has 14 nitrogen and oxygen atoms in total. The first-order valence-electron chi connectivity index (χ1n) is 15.1. The number of rotatable bonds is 15. The Bertz CT molecular complexity index is 1750. The summed E-state index contributed by atoms with van der Waals surface area (Å²) in [7, 11) is -8.52. The topological polar surface area (TPSA) is 201 Å². The minimum atomic E-state index is -4.35.